The maximum absolute atomic E-state index is 11.8. The molecule has 0 amide bonds. The molecular formula is C28H36N8O5S. The van der Waals surface area contributed by atoms with E-state index in [2.05, 4.69) is 9.80 Å². The third-order valence-corrected chi connectivity index (χ3v) is 10.2. The number of benzene rings is 1. The summed E-state index contributed by atoms with van der Waals surface area (Å²) in [5.41, 5.74) is 3.18. The highest BCUT2D eigenvalue weighted by molar-refractivity contribution is 7.91. The number of hydrogen-bond donors (Lipinski definition) is 0. The summed E-state index contributed by atoms with van der Waals surface area (Å²) in [5, 5.41) is 0. The molecule has 7 rings (SSSR count). The minimum atomic E-state index is -2.88. The van der Waals surface area contributed by atoms with Gasteiger partial charge in [-0.05, 0) is 25.0 Å². The molecule has 14 heteroatoms. The molecule has 42 heavy (non-hydrogen) atoms. The number of anilines is 1. The number of aryl methyl sites for hydroxylation is 1. The van der Waals surface area contributed by atoms with Crippen LogP contribution in [-0.4, -0.2) is 119 Å². The van der Waals surface area contributed by atoms with Crippen LogP contribution in [0.5, 0.6) is 6.01 Å². The van der Waals surface area contributed by atoms with E-state index >= 15 is 0 Å². The summed E-state index contributed by atoms with van der Waals surface area (Å²) in [7, 11) is 0.729. The molecule has 0 aliphatic carbocycles. The molecule has 0 saturated carbocycles. The van der Waals surface area contributed by atoms with Crippen molar-refractivity contribution < 1.29 is 22.6 Å². The number of imidazole rings is 2. The van der Waals surface area contributed by atoms with Crippen molar-refractivity contribution in [3.05, 3.63) is 30.1 Å². The van der Waals surface area contributed by atoms with Gasteiger partial charge in [-0.3, -0.25) is 14.0 Å². The number of hydrogen-bond acceptors (Lipinski definition) is 11. The van der Waals surface area contributed by atoms with E-state index in [4.69, 9.17) is 34.1 Å². The van der Waals surface area contributed by atoms with Gasteiger partial charge in [0, 0.05) is 52.8 Å². The molecule has 0 spiro atoms. The summed E-state index contributed by atoms with van der Waals surface area (Å²) < 4.78 is 45.0. The number of ether oxygens (including phenoxy) is 3. The van der Waals surface area contributed by atoms with Crippen molar-refractivity contribution in [1.29, 1.82) is 0 Å². The number of sulfone groups is 1. The van der Waals surface area contributed by atoms with E-state index in [9.17, 15) is 8.42 Å². The molecule has 0 bridgehead atoms. The first-order valence-corrected chi connectivity index (χ1v) is 16.4. The first kappa shape index (κ1) is 27.5. The molecule has 0 unspecified atom stereocenters. The van der Waals surface area contributed by atoms with Gasteiger partial charge in [0.2, 0.25) is 5.95 Å². The van der Waals surface area contributed by atoms with E-state index in [0.29, 0.717) is 81.3 Å². The van der Waals surface area contributed by atoms with Crippen molar-refractivity contribution in [1.82, 2.24) is 34.0 Å². The first-order chi connectivity index (χ1) is 20.4. The van der Waals surface area contributed by atoms with Gasteiger partial charge in [-0.1, -0.05) is 12.1 Å². The summed E-state index contributed by atoms with van der Waals surface area (Å²) >= 11 is 0. The molecular weight excluding hydrogens is 560 g/mol. The van der Waals surface area contributed by atoms with Crippen LogP contribution in [0.2, 0.25) is 0 Å². The van der Waals surface area contributed by atoms with Crippen LogP contribution in [0.25, 0.3) is 28.1 Å². The highest BCUT2D eigenvalue weighted by Gasteiger charge is 2.37. The molecule has 3 saturated heterocycles. The van der Waals surface area contributed by atoms with Gasteiger partial charge in [0.25, 0.3) is 6.01 Å². The Morgan fingerprint density at radius 2 is 1.79 bits per heavy atom. The second-order valence-electron chi connectivity index (χ2n) is 11.2. The van der Waals surface area contributed by atoms with Gasteiger partial charge in [-0.15, -0.1) is 0 Å². The molecule has 0 N–H and O–H groups in total. The Morgan fingerprint density at radius 3 is 2.55 bits per heavy atom. The van der Waals surface area contributed by atoms with E-state index in [1.165, 1.54) is 0 Å². The molecule has 0 atom stereocenters. The fourth-order valence-electron chi connectivity index (χ4n) is 6.11. The molecule has 0 radical (unpaired) electrons. The smallest absolute Gasteiger partial charge is 0.298 e. The monoisotopic (exact) mass is 596 g/mol. The number of rotatable bonds is 8. The van der Waals surface area contributed by atoms with Crippen molar-refractivity contribution in [3.8, 4) is 12.0 Å². The van der Waals surface area contributed by atoms with Crippen molar-refractivity contribution >= 4 is 37.9 Å². The fraction of sp³-hybridized carbons (Fsp3) is 0.571. The SMILES string of the molecule is COCCc1nc2ccccc2n1-c1nc(N2CCOCC2)c2nc(OC3CN(C4CCS(=O)(=O)CC4)C3)n(C)c2n1. The predicted octanol–water partition coefficient (Wildman–Crippen LogP) is 1.37. The summed E-state index contributed by atoms with van der Waals surface area (Å²) in [4.78, 5) is 24.4. The van der Waals surface area contributed by atoms with Crippen LogP contribution in [0.15, 0.2) is 24.3 Å². The molecule has 1 aromatic carbocycles. The van der Waals surface area contributed by atoms with Crippen LogP contribution in [0.1, 0.15) is 18.7 Å². The molecule has 4 aromatic rings. The molecule has 3 aliphatic heterocycles. The van der Waals surface area contributed by atoms with Crippen molar-refractivity contribution in [3.63, 3.8) is 0 Å². The van der Waals surface area contributed by atoms with Gasteiger partial charge >= 0.3 is 0 Å². The van der Waals surface area contributed by atoms with Crippen LogP contribution in [0, 0.1) is 0 Å². The quantitative estimate of drug-likeness (QED) is 0.292. The number of para-hydroxylation sites is 2. The molecule has 3 fully saturated rings. The lowest BCUT2D eigenvalue weighted by atomic mass is 10.0. The molecule has 224 valence electrons. The van der Waals surface area contributed by atoms with E-state index in [0.717, 1.165) is 35.8 Å². The first-order valence-electron chi connectivity index (χ1n) is 14.5. The third-order valence-electron chi connectivity index (χ3n) is 8.51. The summed E-state index contributed by atoms with van der Waals surface area (Å²) in [6, 6.07) is 8.79. The van der Waals surface area contributed by atoms with Crippen LogP contribution in [0.4, 0.5) is 5.82 Å². The highest BCUT2D eigenvalue weighted by Crippen LogP contribution is 2.32. The number of methoxy groups -OCH3 is 1. The minimum Gasteiger partial charge on any atom is -0.459 e. The van der Waals surface area contributed by atoms with E-state index in [1.807, 2.05) is 40.4 Å². The highest BCUT2D eigenvalue weighted by atomic mass is 32.2. The zero-order valence-corrected chi connectivity index (χ0v) is 24.8. The van der Waals surface area contributed by atoms with Gasteiger partial charge in [-0.25, -0.2) is 13.4 Å². The van der Waals surface area contributed by atoms with Crippen molar-refractivity contribution in [2.24, 2.45) is 7.05 Å². The van der Waals surface area contributed by atoms with Gasteiger partial charge in [0.15, 0.2) is 17.0 Å². The van der Waals surface area contributed by atoms with E-state index in [1.54, 1.807) is 7.11 Å². The third kappa shape index (κ3) is 5.10. The Kier molecular flexibility index (Phi) is 7.24. The summed E-state index contributed by atoms with van der Waals surface area (Å²) in [5.74, 6) is 2.65. The molecule has 13 nitrogen and oxygen atoms in total. The summed E-state index contributed by atoms with van der Waals surface area (Å²) in [6.07, 6.45) is 1.98. The lowest BCUT2D eigenvalue weighted by Crippen LogP contribution is -2.59. The average molecular weight is 597 g/mol. The standard InChI is InChI=1S/C28H36N8O5S/c1-33-25-24(30-28(33)41-20-17-35(18-20)19-8-15-42(37,38)16-9-19)26(34-10-13-40-14-11-34)32-27(31-25)36-22-6-4-3-5-21(22)29-23(36)7-12-39-2/h3-6,19-20H,7-18H2,1-2H3. The zero-order chi connectivity index (χ0) is 28.8. The van der Waals surface area contributed by atoms with Crippen molar-refractivity contribution in [2.45, 2.75) is 31.4 Å². The normalized spacial score (nSPS) is 20.4. The number of fused-ring (bicyclic) bond motifs is 2. The predicted molar refractivity (Wildman–Crippen MR) is 157 cm³/mol. The number of nitrogens with zero attached hydrogens (tertiary/aromatic N) is 8. The van der Waals surface area contributed by atoms with E-state index < -0.39 is 9.84 Å². The number of morpholine rings is 1. The second-order valence-corrected chi connectivity index (χ2v) is 13.5. The Hall–Kier alpha value is -3.33. The average Bonchev–Trinajstić information content (AvgIpc) is 3.51. The Bertz CT molecular complexity index is 1690. The maximum Gasteiger partial charge on any atom is 0.298 e. The Morgan fingerprint density at radius 1 is 1.02 bits per heavy atom. The van der Waals surface area contributed by atoms with Gasteiger partial charge in [0.05, 0.1) is 42.4 Å². The Labute approximate surface area is 244 Å². The topological polar surface area (TPSA) is 130 Å². The van der Waals surface area contributed by atoms with Gasteiger partial charge in [-0.2, -0.15) is 15.0 Å². The van der Waals surface area contributed by atoms with Gasteiger partial charge in [0.1, 0.15) is 21.8 Å². The number of likely N-dealkylation sites (tertiary alicyclic amines) is 1. The fourth-order valence-corrected chi connectivity index (χ4v) is 7.58. The molecule has 3 aliphatic rings. The van der Waals surface area contributed by atoms with Crippen LogP contribution >= 0.6 is 0 Å². The summed E-state index contributed by atoms with van der Waals surface area (Å²) in [6.45, 7) is 4.67. The van der Waals surface area contributed by atoms with Crippen molar-refractivity contribution in [2.75, 3.05) is 69.5 Å². The Balaban J connectivity index is 1.23. The lowest BCUT2D eigenvalue weighted by molar-refractivity contribution is -0.0172. The largest absolute Gasteiger partial charge is 0.459 e. The number of aromatic nitrogens is 6. The van der Waals surface area contributed by atoms with Crippen LogP contribution in [-0.2, 0) is 32.8 Å². The molecule has 3 aromatic heterocycles. The van der Waals surface area contributed by atoms with E-state index in [-0.39, 0.29) is 17.6 Å². The van der Waals surface area contributed by atoms with Crippen LogP contribution in [0.3, 0.4) is 0 Å². The van der Waals surface area contributed by atoms with Gasteiger partial charge < -0.3 is 19.1 Å². The van der Waals surface area contributed by atoms with Crippen LogP contribution < -0.4 is 9.64 Å². The molecule has 6 heterocycles. The zero-order valence-electron chi connectivity index (χ0n) is 24.0. The lowest BCUT2D eigenvalue weighted by Gasteiger charge is -2.44. The second kappa shape index (κ2) is 11.1. The minimum absolute atomic E-state index is 0.0171. The maximum atomic E-state index is 11.8.